The van der Waals surface area contributed by atoms with Gasteiger partial charge in [-0.3, -0.25) is 0 Å². The molecule has 1 aliphatic rings. The Morgan fingerprint density at radius 1 is 1.20 bits per heavy atom. The number of hydrogen-bond donors (Lipinski definition) is 0. The van der Waals surface area contributed by atoms with Crippen LogP contribution in [0.2, 0.25) is 0 Å². The number of nitrogens with one attached hydrogen (secondary N) is 1. The highest BCUT2D eigenvalue weighted by Crippen LogP contribution is 2.42. The fourth-order valence-corrected chi connectivity index (χ4v) is 1.25. The second-order valence-corrected chi connectivity index (χ2v) is 2.86. The molecular formula is C9H10N. The monoisotopic (exact) mass is 132 g/mol. The molecular weight excluding hydrogens is 122 g/mol. The minimum atomic E-state index is 0.713. The Morgan fingerprint density at radius 3 is 2.50 bits per heavy atom. The second-order valence-electron chi connectivity index (χ2n) is 2.86. The van der Waals surface area contributed by atoms with Crippen LogP contribution in [0, 0.1) is 0 Å². The van der Waals surface area contributed by atoms with E-state index in [0.717, 1.165) is 0 Å². The van der Waals surface area contributed by atoms with Gasteiger partial charge in [0.05, 0.1) is 5.69 Å². The molecule has 0 atom stereocenters. The highest BCUT2D eigenvalue weighted by molar-refractivity contribution is 5.46. The molecule has 1 aliphatic carbocycles. The van der Waals surface area contributed by atoms with Gasteiger partial charge in [-0.2, -0.15) is 0 Å². The number of rotatable bonds is 1. The standard InChI is InChI=1S/C9H10N/c10-9-4-2-1-3-8(9)7-5-6-7/h1-4,7,10H,5-6H2. The fraction of sp³-hybridized carbons (Fsp3) is 0.333. The molecule has 1 aromatic carbocycles. The van der Waals surface area contributed by atoms with Crippen molar-refractivity contribution in [2.75, 3.05) is 0 Å². The first-order valence-electron chi connectivity index (χ1n) is 3.68. The molecule has 1 heteroatoms. The minimum Gasteiger partial charge on any atom is -0.301 e. The van der Waals surface area contributed by atoms with E-state index in [2.05, 4.69) is 6.07 Å². The molecule has 1 nitrogen and oxygen atoms in total. The maximum Gasteiger partial charge on any atom is 0.0574 e. The fourth-order valence-electron chi connectivity index (χ4n) is 1.25. The average Bonchev–Trinajstić information content (AvgIpc) is 2.71. The third-order valence-corrected chi connectivity index (χ3v) is 1.98. The zero-order valence-corrected chi connectivity index (χ0v) is 5.80. The number of hydrogen-bond acceptors (Lipinski definition) is 0. The molecule has 0 aromatic heterocycles. The van der Waals surface area contributed by atoms with E-state index in [4.69, 9.17) is 5.73 Å². The summed E-state index contributed by atoms with van der Waals surface area (Å²) in [6, 6.07) is 7.88. The molecule has 10 heavy (non-hydrogen) atoms. The maximum atomic E-state index is 7.54. The normalized spacial score (nSPS) is 17.2. The molecule has 51 valence electrons. The quantitative estimate of drug-likeness (QED) is 0.560. The summed E-state index contributed by atoms with van der Waals surface area (Å²) in [6.07, 6.45) is 2.58. The molecule has 1 N–H and O–H groups in total. The summed E-state index contributed by atoms with van der Waals surface area (Å²) in [4.78, 5) is 0. The van der Waals surface area contributed by atoms with Crippen molar-refractivity contribution in [2.24, 2.45) is 0 Å². The van der Waals surface area contributed by atoms with Crippen LogP contribution < -0.4 is 5.73 Å². The zero-order valence-electron chi connectivity index (χ0n) is 5.80. The van der Waals surface area contributed by atoms with Crippen LogP contribution >= 0.6 is 0 Å². The first kappa shape index (κ1) is 5.78. The topological polar surface area (TPSA) is 23.8 Å². The lowest BCUT2D eigenvalue weighted by Crippen LogP contribution is -1.80. The van der Waals surface area contributed by atoms with Gasteiger partial charge in [-0.05, 0) is 30.4 Å². The Balaban J connectivity index is 2.39. The maximum absolute atomic E-state index is 7.54. The van der Waals surface area contributed by atoms with Gasteiger partial charge < -0.3 is 5.73 Å². The molecule has 0 unspecified atom stereocenters. The summed E-state index contributed by atoms with van der Waals surface area (Å²) >= 11 is 0. The first-order valence-corrected chi connectivity index (χ1v) is 3.68. The minimum absolute atomic E-state index is 0.713. The van der Waals surface area contributed by atoms with Crippen LogP contribution in [0.15, 0.2) is 24.3 Å². The van der Waals surface area contributed by atoms with E-state index in [1.807, 2.05) is 18.2 Å². The van der Waals surface area contributed by atoms with E-state index in [0.29, 0.717) is 11.6 Å². The van der Waals surface area contributed by atoms with Crippen molar-refractivity contribution in [3.05, 3.63) is 29.8 Å². The van der Waals surface area contributed by atoms with Crippen molar-refractivity contribution in [1.82, 2.24) is 5.73 Å². The highest BCUT2D eigenvalue weighted by Gasteiger charge is 2.24. The highest BCUT2D eigenvalue weighted by atomic mass is 14.6. The van der Waals surface area contributed by atoms with Crippen molar-refractivity contribution in [1.29, 1.82) is 0 Å². The van der Waals surface area contributed by atoms with Gasteiger partial charge >= 0.3 is 0 Å². The van der Waals surface area contributed by atoms with Crippen LogP contribution in [0.1, 0.15) is 24.3 Å². The van der Waals surface area contributed by atoms with Crippen molar-refractivity contribution in [3.63, 3.8) is 0 Å². The lowest BCUT2D eigenvalue weighted by Gasteiger charge is -1.99. The van der Waals surface area contributed by atoms with Crippen LogP contribution in [0.4, 0.5) is 5.69 Å². The molecule has 0 heterocycles. The summed E-state index contributed by atoms with van der Waals surface area (Å²) in [7, 11) is 0. The van der Waals surface area contributed by atoms with E-state index in [1.54, 1.807) is 0 Å². The smallest absolute Gasteiger partial charge is 0.0574 e. The summed E-state index contributed by atoms with van der Waals surface area (Å²) < 4.78 is 0. The van der Waals surface area contributed by atoms with Crippen LogP contribution in [-0.2, 0) is 0 Å². The first-order chi connectivity index (χ1) is 4.88. The Labute approximate surface area is 60.9 Å². The third-order valence-electron chi connectivity index (χ3n) is 1.98. The zero-order chi connectivity index (χ0) is 6.97. The molecule has 2 rings (SSSR count). The average molecular weight is 132 g/mol. The van der Waals surface area contributed by atoms with Crippen LogP contribution in [-0.4, -0.2) is 0 Å². The van der Waals surface area contributed by atoms with Gasteiger partial charge in [-0.1, -0.05) is 18.2 Å². The van der Waals surface area contributed by atoms with E-state index < -0.39 is 0 Å². The lowest BCUT2D eigenvalue weighted by atomic mass is 10.1. The van der Waals surface area contributed by atoms with E-state index in [-0.39, 0.29) is 0 Å². The van der Waals surface area contributed by atoms with Gasteiger partial charge in [0.25, 0.3) is 0 Å². The molecule has 1 aromatic rings. The van der Waals surface area contributed by atoms with Gasteiger partial charge in [0.1, 0.15) is 0 Å². The third kappa shape index (κ3) is 0.878. The Kier molecular flexibility index (Phi) is 1.16. The lowest BCUT2D eigenvalue weighted by molar-refractivity contribution is 1.12. The number of benzene rings is 1. The SMILES string of the molecule is [NH]c1ccccc1C1CC1. The van der Waals surface area contributed by atoms with E-state index in [9.17, 15) is 0 Å². The summed E-state index contributed by atoms with van der Waals surface area (Å²) in [5, 5.41) is 0. The summed E-state index contributed by atoms with van der Waals surface area (Å²) in [5.41, 5.74) is 9.49. The van der Waals surface area contributed by atoms with Gasteiger partial charge in [-0.25, -0.2) is 0 Å². The van der Waals surface area contributed by atoms with Crippen LogP contribution in [0.3, 0.4) is 0 Å². The summed E-state index contributed by atoms with van der Waals surface area (Å²) in [5.74, 6) is 0.716. The van der Waals surface area contributed by atoms with Gasteiger partial charge in [-0.15, -0.1) is 0 Å². The van der Waals surface area contributed by atoms with Crippen molar-refractivity contribution in [2.45, 2.75) is 18.8 Å². The van der Waals surface area contributed by atoms with Crippen molar-refractivity contribution >= 4 is 5.69 Å². The Hall–Kier alpha value is -0.980. The molecule has 0 aliphatic heterocycles. The van der Waals surface area contributed by atoms with Crippen molar-refractivity contribution in [3.8, 4) is 0 Å². The molecule has 0 amide bonds. The van der Waals surface area contributed by atoms with Crippen LogP contribution in [0.5, 0.6) is 0 Å². The van der Waals surface area contributed by atoms with Gasteiger partial charge in [0.2, 0.25) is 0 Å². The molecule has 0 saturated heterocycles. The molecule has 0 spiro atoms. The van der Waals surface area contributed by atoms with Gasteiger partial charge in [0.15, 0.2) is 0 Å². The van der Waals surface area contributed by atoms with Crippen LogP contribution in [0.25, 0.3) is 0 Å². The predicted octanol–water partition coefficient (Wildman–Crippen LogP) is 2.48. The van der Waals surface area contributed by atoms with Crippen molar-refractivity contribution < 1.29 is 0 Å². The Morgan fingerprint density at radius 2 is 1.90 bits per heavy atom. The predicted molar refractivity (Wildman–Crippen MR) is 41.2 cm³/mol. The Bertz CT molecular complexity index is 238. The molecule has 1 saturated carbocycles. The molecule has 0 bridgehead atoms. The second kappa shape index (κ2) is 2.01. The van der Waals surface area contributed by atoms with Gasteiger partial charge in [0, 0.05) is 0 Å². The van der Waals surface area contributed by atoms with E-state index in [1.165, 1.54) is 18.4 Å². The summed E-state index contributed by atoms with van der Waals surface area (Å²) in [6.45, 7) is 0. The molecule has 1 radical (unpaired) electrons. The molecule has 1 fully saturated rings. The largest absolute Gasteiger partial charge is 0.301 e. The van der Waals surface area contributed by atoms with E-state index >= 15 is 0 Å².